The Balaban J connectivity index is -0.00000000533. The van der Waals surface area contributed by atoms with Crippen LogP contribution >= 0.6 is 0 Å². The van der Waals surface area contributed by atoms with E-state index in [1.54, 1.807) is 0 Å². The average molecular weight is 231 g/mol. The van der Waals surface area contributed by atoms with Gasteiger partial charge in [0.05, 0.1) is 0 Å². The molecular weight excluding hydrogens is 223 g/mol. The molecular formula is H8CaMnO6S. The van der Waals surface area contributed by atoms with Crippen LogP contribution in [0.4, 0.5) is 0 Å². The van der Waals surface area contributed by atoms with E-state index in [1.807, 2.05) is 0 Å². The average Bonchev–Trinajstić information content (AvgIpc) is 0.722. The summed E-state index contributed by atoms with van der Waals surface area (Å²) in [5.74, 6) is 0. The van der Waals surface area contributed by atoms with Gasteiger partial charge in [0.15, 0.2) is 0 Å². The van der Waals surface area contributed by atoms with Gasteiger partial charge < -0.3 is 13.8 Å². The van der Waals surface area contributed by atoms with E-state index in [0.29, 0.717) is 0 Å². The fourth-order valence-corrected chi connectivity index (χ4v) is 0. The van der Waals surface area contributed by atoms with Crippen LogP contribution in [0.15, 0.2) is 0 Å². The maximum absolute atomic E-state index is 8.74. The summed E-state index contributed by atoms with van der Waals surface area (Å²) in [6, 6.07) is 0. The summed E-state index contributed by atoms with van der Waals surface area (Å²) in [5.41, 5.74) is 0. The second-order valence-corrected chi connectivity index (χ2v) is 1.34. The monoisotopic (exact) mass is 231 g/mol. The van der Waals surface area contributed by atoms with Crippen LogP contribution in [-0.4, -0.2) is 66.2 Å². The molecule has 0 aromatic heterocycles. The minimum Gasteiger partial charge on any atom is -1.00 e. The molecule has 59 valence electrons. The van der Waals surface area contributed by atoms with Crippen molar-refractivity contribution in [1.82, 2.24) is 0 Å². The minimum absolute atomic E-state index is 0. The molecule has 9 heavy (non-hydrogen) atoms. The first kappa shape index (κ1) is 31.2. The van der Waals surface area contributed by atoms with Gasteiger partial charge in [-0.2, -0.15) is 8.42 Å². The Labute approximate surface area is 95.6 Å². The maximum Gasteiger partial charge on any atom is 2.00 e. The number of hydrogen-bond acceptors (Lipinski definition) is 2. The number of hydrogen-bond donors (Lipinski definition) is 2. The normalized spacial score (nSPS) is 6.44. The molecule has 0 atom stereocenters. The van der Waals surface area contributed by atoms with E-state index in [4.69, 9.17) is 17.5 Å². The minimum atomic E-state index is -4.67. The third kappa shape index (κ3) is 223. The molecule has 0 spiro atoms. The Morgan fingerprint density at radius 2 is 1.11 bits per heavy atom. The molecule has 0 heterocycles. The van der Waals surface area contributed by atoms with Crippen molar-refractivity contribution >= 4 is 48.1 Å². The van der Waals surface area contributed by atoms with E-state index in [-0.39, 0.29) is 68.6 Å². The Hall–Kier alpha value is 1.57. The van der Waals surface area contributed by atoms with Crippen molar-refractivity contribution in [1.29, 1.82) is 0 Å². The van der Waals surface area contributed by atoms with Crippen molar-refractivity contribution in [3.63, 3.8) is 0 Å². The van der Waals surface area contributed by atoms with E-state index in [1.165, 1.54) is 0 Å². The van der Waals surface area contributed by atoms with E-state index in [0.717, 1.165) is 0 Å². The van der Waals surface area contributed by atoms with Crippen LogP contribution < -0.4 is 0 Å². The molecule has 6 nitrogen and oxygen atoms in total. The third-order valence-corrected chi connectivity index (χ3v) is 0. The Kier molecular flexibility index (Phi) is 42.5. The summed E-state index contributed by atoms with van der Waals surface area (Å²) in [6.07, 6.45) is 0. The van der Waals surface area contributed by atoms with Crippen LogP contribution in [0, 0.1) is 0 Å². The molecule has 0 saturated heterocycles. The van der Waals surface area contributed by atoms with Crippen LogP contribution in [0.3, 0.4) is 0 Å². The molecule has 0 aliphatic carbocycles. The van der Waals surface area contributed by atoms with Crippen LogP contribution in [-0.2, 0) is 27.5 Å². The summed E-state index contributed by atoms with van der Waals surface area (Å²) in [4.78, 5) is 0. The van der Waals surface area contributed by atoms with Gasteiger partial charge in [-0.25, -0.2) is 0 Å². The Morgan fingerprint density at radius 3 is 1.11 bits per heavy atom. The molecule has 0 aliphatic rings. The van der Waals surface area contributed by atoms with Gasteiger partial charge in [0.25, 0.3) is 0 Å². The van der Waals surface area contributed by atoms with Gasteiger partial charge in [-0.05, 0) is 0 Å². The van der Waals surface area contributed by atoms with Gasteiger partial charge in [0, 0.05) is 17.1 Å². The maximum atomic E-state index is 8.74. The largest absolute Gasteiger partial charge is 2.00 e. The van der Waals surface area contributed by atoms with Crippen LogP contribution in [0.5, 0.6) is 0 Å². The molecule has 0 aromatic carbocycles. The predicted molar refractivity (Wildman–Crippen MR) is 29.4 cm³/mol. The quantitative estimate of drug-likeness (QED) is 0.352. The second-order valence-electron chi connectivity index (χ2n) is 0.448. The van der Waals surface area contributed by atoms with Gasteiger partial charge in [0.2, 0.25) is 0 Å². The molecule has 0 aliphatic heterocycles. The summed E-state index contributed by atoms with van der Waals surface area (Å²) < 4.78 is 31.6. The molecule has 0 amide bonds. The summed E-state index contributed by atoms with van der Waals surface area (Å²) in [7, 11) is -4.67. The first-order valence-corrected chi connectivity index (χ1v) is 2.10. The SMILES string of the molecule is O.O.O=S(=O)(O)O.[Ca+2].[H-].[H-].[Mn]. The van der Waals surface area contributed by atoms with Gasteiger partial charge in [-0.15, -0.1) is 0 Å². The zero-order chi connectivity index (χ0) is 4.50. The molecule has 0 bridgehead atoms. The van der Waals surface area contributed by atoms with Gasteiger partial charge in [-0.3, -0.25) is 9.11 Å². The van der Waals surface area contributed by atoms with E-state index in [2.05, 4.69) is 0 Å². The first-order valence-electron chi connectivity index (χ1n) is 0.698. The Bertz CT molecular complexity index is 104. The van der Waals surface area contributed by atoms with E-state index >= 15 is 0 Å². The standard InChI is InChI=1S/Ca.Mn.H2O4S.2H2O.2H/c;;1-5(2,3)4;;;;/h;;(H2,1,2,3,4);2*1H2;;/q+2;;;;;2*-1. The molecule has 6 N–H and O–H groups in total. The van der Waals surface area contributed by atoms with Crippen molar-refractivity contribution in [3.05, 3.63) is 0 Å². The fraction of sp³-hybridized carbons (Fsp3) is 0. The summed E-state index contributed by atoms with van der Waals surface area (Å²) in [6.45, 7) is 0. The molecule has 0 aromatic rings. The second kappa shape index (κ2) is 12.3. The van der Waals surface area contributed by atoms with Crippen LogP contribution in [0.2, 0.25) is 0 Å². The van der Waals surface area contributed by atoms with Crippen molar-refractivity contribution in [2.45, 2.75) is 0 Å². The van der Waals surface area contributed by atoms with E-state index < -0.39 is 10.4 Å². The topological polar surface area (TPSA) is 138 Å². The Morgan fingerprint density at radius 1 is 1.11 bits per heavy atom. The first-order chi connectivity index (χ1) is 2.00. The van der Waals surface area contributed by atoms with E-state index in [9.17, 15) is 0 Å². The molecule has 1 radical (unpaired) electrons. The summed E-state index contributed by atoms with van der Waals surface area (Å²) >= 11 is 0. The molecule has 0 fully saturated rings. The molecule has 0 saturated carbocycles. The van der Waals surface area contributed by atoms with Gasteiger partial charge in [0.1, 0.15) is 0 Å². The third-order valence-electron chi connectivity index (χ3n) is 0. The fourth-order valence-electron chi connectivity index (χ4n) is 0. The molecule has 0 unspecified atom stereocenters. The zero-order valence-electron chi connectivity index (χ0n) is 6.20. The van der Waals surface area contributed by atoms with Crippen LogP contribution in [0.1, 0.15) is 2.85 Å². The van der Waals surface area contributed by atoms with Crippen molar-refractivity contribution in [2.24, 2.45) is 0 Å². The summed E-state index contributed by atoms with van der Waals surface area (Å²) in [5, 5.41) is 0. The van der Waals surface area contributed by atoms with Crippen molar-refractivity contribution in [2.75, 3.05) is 0 Å². The van der Waals surface area contributed by atoms with Crippen molar-refractivity contribution in [3.8, 4) is 0 Å². The smallest absolute Gasteiger partial charge is 1.00 e. The molecule has 9 heteroatoms. The zero-order valence-corrected chi connectivity index (χ0v) is 8.41. The van der Waals surface area contributed by atoms with Crippen LogP contribution in [0.25, 0.3) is 0 Å². The predicted octanol–water partition coefficient (Wildman–Crippen LogP) is -2.46. The molecule has 0 rings (SSSR count). The van der Waals surface area contributed by atoms with Gasteiger partial charge >= 0.3 is 48.1 Å². The van der Waals surface area contributed by atoms with Gasteiger partial charge in [-0.1, -0.05) is 0 Å². The van der Waals surface area contributed by atoms with Crippen molar-refractivity contribution < 1.29 is 48.4 Å². The number of rotatable bonds is 0.